The first-order valence-corrected chi connectivity index (χ1v) is 6.58. The van der Waals surface area contributed by atoms with Crippen molar-refractivity contribution >= 4 is 11.6 Å². The van der Waals surface area contributed by atoms with Crippen LogP contribution in [0.15, 0.2) is 0 Å². The standard InChI is InChI=1S/C12H22ClN3O2/c1-4-5-6-10-15-9(12(13)16-10)7-14-8-11(17-2)18-3/h11,14H,4-8H2,1-3H3,(H,15,16). The Labute approximate surface area is 113 Å². The summed E-state index contributed by atoms with van der Waals surface area (Å²) < 4.78 is 10.2. The molecule has 104 valence electrons. The number of ether oxygens (including phenoxy) is 2. The van der Waals surface area contributed by atoms with Crippen LogP contribution < -0.4 is 5.32 Å². The zero-order valence-corrected chi connectivity index (χ0v) is 12.0. The molecule has 0 bridgehead atoms. The second-order valence-corrected chi connectivity index (χ2v) is 4.45. The molecule has 0 spiro atoms. The largest absolute Gasteiger partial charge is 0.355 e. The molecule has 0 aliphatic heterocycles. The highest BCUT2D eigenvalue weighted by Crippen LogP contribution is 2.13. The molecule has 0 saturated carbocycles. The average molecular weight is 276 g/mol. The fourth-order valence-corrected chi connectivity index (χ4v) is 1.81. The molecule has 1 heterocycles. The Morgan fingerprint density at radius 1 is 1.39 bits per heavy atom. The number of aromatic amines is 1. The highest BCUT2D eigenvalue weighted by molar-refractivity contribution is 6.30. The summed E-state index contributed by atoms with van der Waals surface area (Å²) >= 11 is 6.06. The van der Waals surface area contributed by atoms with Crippen molar-refractivity contribution < 1.29 is 9.47 Å². The zero-order chi connectivity index (χ0) is 13.4. The lowest BCUT2D eigenvalue weighted by Crippen LogP contribution is -2.29. The first kappa shape index (κ1) is 15.4. The van der Waals surface area contributed by atoms with E-state index >= 15 is 0 Å². The van der Waals surface area contributed by atoms with Crippen LogP contribution in [-0.4, -0.2) is 37.0 Å². The lowest BCUT2D eigenvalue weighted by Gasteiger charge is -2.13. The number of nitrogens with zero attached hydrogens (tertiary/aromatic N) is 1. The minimum Gasteiger partial charge on any atom is -0.355 e. The van der Waals surface area contributed by atoms with Gasteiger partial charge in [-0.05, 0) is 6.42 Å². The number of nitrogens with one attached hydrogen (secondary N) is 2. The normalized spacial score (nSPS) is 11.4. The summed E-state index contributed by atoms with van der Waals surface area (Å²) in [5.41, 5.74) is 0.911. The first-order valence-electron chi connectivity index (χ1n) is 6.20. The molecule has 1 aromatic rings. The molecular weight excluding hydrogens is 254 g/mol. The Morgan fingerprint density at radius 3 is 2.72 bits per heavy atom. The number of H-pyrrole nitrogens is 1. The van der Waals surface area contributed by atoms with Crippen molar-refractivity contribution in [2.24, 2.45) is 0 Å². The smallest absolute Gasteiger partial charge is 0.169 e. The van der Waals surface area contributed by atoms with Crippen LogP contribution in [0.5, 0.6) is 0 Å². The molecule has 1 aromatic heterocycles. The number of aromatic nitrogens is 2. The zero-order valence-electron chi connectivity index (χ0n) is 11.3. The molecule has 1 rings (SSSR count). The second kappa shape index (κ2) is 8.48. The van der Waals surface area contributed by atoms with E-state index in [1.165, 1.54) is 0 Å². The van der Waals surface area contributed by atoms with Crippen molar-refractivity contribution in [3.05, 3.63) is 16.7 Å². The predicted molar refractivity (Wildman–Crippen MR) is 71.7 cm³/mol. The Hall–Kier alpha value is -0.620. The van der Waals surface area contributed by atoms with Gasteiger partial charge in [0, 0.05) is 33.7 Å². The van der Waals surface area contributed by atoms with Crippen LogP contribution in [0, 0.1) is 0 Å². The molecule has 2 N–H and O–H groups in total. The van der Waals surface area contributed by atoms with E-state index in [0.717, 1.165) is 30.8 Å². The van der Waals surface area contributed by atoms with Crippen molar-refractivity contribution in [2.75, 3.05) is 20.8 Å². The molecule has 0 aliphatic carbocycles. The Balaban J connectivity index is 2.39. The molecule has 0 unspecified atom stereocenters. The van der Waals surface area contributed by atoms with Gasteiger partial charge in [0.1, 0.15) is 5.82 Å². The van der Waals surface area contributed by atoms with Crippen molar-refractivity contribution in [2.45, 2.75) is 39.0 Å². The first-order chi connectivity index (χ1) is 8.71. The molecule has 5 nitrogen and oxygen atoms in total. The summed E-state index contributed by atoms with van der Waals surface area (Å²) in [6.45, 7) is 3.39. The average Bonchev–Trinajstić information content (AvgIpc) is 2.73. The van der Waals surface area contributed by atoms with Gasteiger partial charge in [-0.25, -0.2) is 4.98 Å². The number of imidazole rings is 1. The third-order valence-electron chi connectivity index (χ3n) is 2.68. The van der Waals surface area contributed by atoms with Gasteiger partial charge in [-0.15, -0.1) is 0 Å². The highest BCUT2D eigenvalue weighted by atomic mass is 35.5. The summed E-state index contributed by atoms with van der Waals surface area (Å²) in [6, 6.07) is 0. The third kappa shape index (κ3) is 4.94. The van der Waals surface area contributed by atoms with Gasteiger partial charge in [-0.3, -0.25) is 0 Å². The molecule has 0 aromatic carbocycles. The number of methoxy groups -OCH3 is 2. The second-order valence-electron chi connectivity index (χ2n) is 4.09. The van der Waals surface area contributed by atoms with Crippen LogP contribution in [0.2, 0.25) is 5.15 Å². The molecule has 0 saturated heterocycles. The molecule has 6 heteroatoms. The van der Waals surface area contributed by atoms with Gasteiger partial charge in [0.2, 0.25) is 0 Å². The summed E-state index contributed by atoms with van der Waals surface area (Å²) in [5.74, 6) is 0.952. The van der Waals surface area contributed by atoms with Crippen LogP contribution in [0.4, 0.5) is 0 Å². The van der Waals surface area contributed by atoms with E-state index < -0.39 is 0 Å². The van der Waals surface area contributed by atoms with Crippen LogP contribution >= 0.6 is 11.6 Å². The molecule has 0 amide bonds. The van der Waals surface area contributed by atoms with E-state index in [1.807, 2.05) is 0 Å². The number of unbranched alkanes of at least 4 members (excludes halogenated alkanes) is 1. The lowest BCUT2D eigenvalue weighted by atomic mass is 10.2. The lowest BCUT2D eigenvalue weighted by molar-refractivity contribution is -0.0989. The monoisotopic (exact) mass is 275 g/mol. The van der Waals surface area contributed by atoms with Gasteiger partial charge < -0.3 is 19.8 Å². The van der Waals surface area contributed by atoms with Crippen molar-refractivity contribution in [1.82, 2.24) is 15.3 Å². The van der Waals surface area contributed by atoms with E-state index in [9.17, 15) is 0 Å². The SMILES string of the molecule is CCCCc1nc(Cl)c(CNCC(OC)OC)[nH]1. The number of rotatable bonds is 9. The number of halogens is 1. The Bertz CT molecular complexity index is 340. The van der Waals surface area contributed by atoms with Crippen LogP contribution in [0.3, 0.4) is 0 Å². The molecule has 0 aliphatic rings. The van der Waals surface area contributed by atoms with Gasteiger partial charge in [0.25, 0.3) is 0 Å². The van der Waals surface area contributed by atoms with Gasteiger partial charge in [-0.1, -0.05) is 24.9 Å². The maximum Gasteiger partial charge on any atom is 0.169 e. The maximum absolute atomic E-state index is 6.06. The topological polar surface area (TPSA) is 59.2 Å². The number of hydrogen-bond donors (Lipinski definition) is 2. The number of hydrogen-bond acceptors (Lipinski definition) is 4. The molecular formula is C12H22ClN3O2. The van der Waals surface area contributed by atoms with Crippen molar-refractivity contribution in [3.8, 4) is 0 Å². The molecule has 0 atom stereocenters. The van der Waals surface area contributed by atoms with Crippen LogP contribution in [-0.2, 0) is 22.4 Å². The minimum atomic E-state index is -0.244. The molecule has 18 heavy (non-hydrogen) atoms. The summed E-state index contributed by atoms with van der Waals surface area (Å²) in [7, 11) is 3.23. The van der Waals surface area contributed by atoms with Gasteiger partial charge in [0.05, 0.1) is 5.69 Å². The molecule has 0 fully saturated rings. The fourth-order valence-electron chi connectivity index (χ4n) is 1.60. The Morgan fingerprint density at radius 2 is 2.11 bits per heavy atom. The van der Waals surface area contributed by atoms with Crippen molar-refractivity contribution in [1.29, 1.82) is 0 Å². The van der Waals surface area contributed by atoms with Gasteiger partial charge >= 0.3 is 0 Å². The molecule has 0 radical (unpaired) electrons. The van der Waals surface area contributed by atoms with Gasteiger partial charge in [-0.2, -0.15) is 0 Å². The summed E-state index contributed by atoms with van der Waals surface area (Å²) in [6.07, 6.45) is 2.96. The quantitative estimate of drug-likeness (QED) is 0.678. The predicted octanol–water partition coefficient (Wildman–Crippen LogP) is 2.11. The van der Waals surface area contributed by atoms with Gasteiger partial charge in [0.15, 0.2) is 11.4 Å². The maximum atomic E-state index is 6.06. The fraction of sp³-hybridized carbons (Fsp3) is 0.750. The summed E-state index contributed by atoms with van der Waals surface area (Å²) in [5, 5.41) is 3.75. The van der Waals surface area contributed by atoms with Crippen LogP contribution in [0.25, 0.3) is 0 Å². The summed E-state index contributed by atoms with van der Waals surface area (Å²) in [4.78, 5) is 7.53. The Kier molecular flexibility index (Phi) is 7.27. The van der Waals surface area contributed by atoms with E-state index in [1.54, 1.807) is 14.2 Å². The van der Waals surface area contributed by atoms with Crippen LogP contribution in [0.1, 0.15) is 31.3 Å². The van der Waals surface area contributed by atoms with Crippen molar-refractivity contribution in [3.63, 3.8) is 0 Å². The van der Waals surface area contributed by atoms with E-state index in [2.05, 4.69) is 22.2 Å². The van der Waals surface area contributed by atoms with E-state index in [4.69, 9.17) is 21.1 Å². The van der Waals surface area contributed by atoms with E-state index in [0.29, 0.717) is 18.2 Å². The third-order valence-corrected chi connectivity index (χ3v) is 3.00. The van der Waals surface area contributed by atoms with E-state index in [-0.39, 0.29) is 6.29 Å². The number of aryl methyl sites for hydroxylation is 1. The highest BCUT2D eigenvalue weighted by Gasteiger charge is 2.09. The minimum absolute atomic E-state index is 0.244.